The fourth-order valence-corrected chi connectivity index (χ4v) is 5.61. The summed E-state index contributed by atoms with van der Waals surface area (Å²) in [5.41, 5.74) is 2.36. The Balaban J connectivity index is 1.24. The Bertz CT molecular complexity index is 1200. The summed E-state index contributed by atoms with van der Waals surface area (Å²) in [7, 11) is 1.88. The van der Waals surface area contributed by atoms with Gasteiger partial charge in [0.25, 0.3) is 5.91 Å². The van der Waals surface area contributed by atoms with E-state index in [0.717, 1.165) is 43.4 Å². The highest BCUT2D eigenvalue weighted by Gasteiger charge is 2.43. The van der Waals surface area contributed by atoms with Gasteiger partial charge in [0.05, 0.1) is 12.0 Å². The lowest BCUT2D eigenvalue weighted by molar-refractivity contribution is -0.144. The summed E-state index contributed by atoms with van der Waals surface area (Å²) in [6.07, 6.45) is 7.88. The molecule has 1 spiro atoms. The predicted molar refractivity (Wildman–Crippen MR) is 141 cm³/mol. The number of rotatable bonds is 2. The van der Waals surface area contributed by atoms with E-state index in [1.807, 2.05) is 53.2 Å². The number of aryl methyl sites for hydroxylation is 1. The summed E-state index contributed by atoms with van der Waals surface area (Å²) >= 11 is 0. The van der Waals surface area contributed by atoms with Crippen LogP contribution in [-0.2, 0) is 11.2 Å². The van der Waals surface area contributed by atoms with Gasteiger partial charge in [0.15, 0.2) is 5.82 Å². The molecule has 0 atom stereocenters. The van der Waals surface area contributed by atoms with Crippen LogP contribution in [0.5, 0.6) is 5.75 Å². The highest BCUT2D eigenvalue weighted by Crippen LogP contribution is 2.39. The van der Waals surface area contributed by atoms with E-state index in [-0.39, 0.29) is 11.8 Å². The summed E-state index contributed by atoms with van der Waals surface area (Å²) in [4.78, 5) is 34.9. The summed E-state index contributed by atoms with van der Waals surface area (Å²) in [5.74, 6) is 1.80. The van der Waals surface area contributed by atoms with Crippen molar-refractivity contribution in [3.63, 3.8) is 0 Å². The van der Waals surface area contributed by atoms with Crippen LogP contribution in [0.2, 0.25) is 0 Å². The van der Waals surface area contributed by atoms with E-state index in [0.29, 0.717) is 50.5 Å². The number of amides is 2. The number of carbonyl (C=O) groups excluding carboxylic acids is 2. The number of carbonyl (C=O) groups is 2. The monoisotopic (exact) mass is 501 g/mol. The minimum Gasteiger partial charge on any atom is -0.491 e. The summed E-state index contributed by atoms with van der Waals surface area (Å²) < 4.78 is 6.07. The average Bonchev–Trinajstić information content (AvgIpc) is 3.48. The molecule has 0 saturated carbocycles. The number of aromatic nitrogens is 3. The van der Waals surface area contributed by atoms with Crippen molar-refractivity contribution in [3.8, 4) is 17.1 Å². The molecule has 1 saturated heterocycles. The number of piperidine rings is 1. The van der Waals surface area contributed by atoms with Crippen LogP contribution in [0.1, 0.15) is 54.4 Å². The molecule has 3 aromatic rings. The van der Waals surface area contributed by atoms with Crippen molar-refractivity contribution in [1.29, 1.82) is 0 Å². The first kappa shape index (κ1) is 25.0. The molecule has 8 heteroatoms. The Morgan fingerprint density at radius 3 is 2.51 bits per heavy atom. The molecule has 2 aliphatic heterocycles. The van der Waals surface area contributed by atoms with E-state index in [2.05, 4.69) is 27.3 Å². The first-order chi connectivity index (χ1) is 18.1. The number of likely N-dealkylation sites (tertiary alicyclic amines) is 1. The minimum absolute atomic E-state index is 0.00980. The molecular weight excluding hydrogens is 466 g/mol. The summed E-state index contributed by atoms with van der Waals surface area (Å²) in [5, 5.41) is 6.72. The number of benzene rings is 2. The highest BCUT2D eigenvalue weighted by atomic mass is 16.5. The van der Waals surface area contributed by atoms with Crippen molar-refractivity contribution in [2.24, 2.45) is 5.41 Å². The second kappa shape index (κ2) is 11.2. The molecule has 2 aliphatic rings. The molecule has 8 nitrogen and oxygen atoms in total. The molecule has 1 N–H and O–H groups in total. The van der Waals surface area contributed by atoms with Crippen molar-refractivity contribution < 1.29 is 14.3 Å². The molecule has 0 unspecified atom stereocenters. The van der Waals surface area contributed by atoms with Crippen LogP contribution in [0.25, 0.3) is 11.4 Å². The van der Waals surface area contributed by atoms with Gasteiger partial charge in [-0.05, 0) is 55.9 Å². The lowest BCUT2D eigenvalue weighted by Crippen LogP contribution is -2.51. The number of hydrogen-bond acceptors (Lipinski definition) is 5. The third kappa shape index (κ3) is 5.53. The molecule has 1 fully saturated rings. The van der Waals surface area contributed by atoms with Crippen molar-refractivity contribution in [1.82, 2.24) is 25.0 Å². The third-order valence-corrected chi connectivity index (χ3v) is 7.89. The lowest BCUT2D eigenvalue weighted by atomic mass is 9.73. The SMILES string of the molecule is CN1CCOc2ccccc2CCCCCC2(CCN(C(=O)c3ccc(-c4ncn[nH]4)cc3)CC2)C1=O. The summed E-state index contributed by atoms with van der Waals surface area (Å²) in [6.45, 7) is 2.20. The molecule has 0 aliphatic carbocycles. The molecule has 1 aromatic heterocycles. The molecule has 3 heterocycles. The number of nitrogens with one attached hydrogen (secondary N) is 1. The van der Waals surface area contributed by atoms with Gasteiger partial charge in [0.2, 0.25) is 5.91 Å². The van der Waals surface area contributed by atoms with Crippen LogP contribution in [0, 0.1) is 5.41 Å². The Hall–Kier alpha value is -3.68. The van der Waals surface area contributed by atoms with Gasteiger partial charge in [-0.25, -0.2) is 4.98 Å². The van der Waals surface area contributed by atoms with Crippen LogP contribution >= 0.6 is 0 Å². The van der Waals surface area contributed by atoms with Gasteiger partial charge in [-0.1, -0.05) is 43.2 Å². The number of aromatic amines is 1. The zero-order chi connectivity index (χ0) is 25.7. The normalized spacial score (nSPS) is 18.8. The van der Waals surface area contributed by atoms with Crippen LogP contribution in [0.15, 0.2) is 54.9 Å². The van der Waals surface area contributed by atoms with Crippen molar-refractivity contribution in [2.75, 3.05) is 33.3 Å². The fraction of sp³-hybridized carbons (Fsp3) is 0.448. The standard InChI is InChI=1S/C29H35N5O3/c1-33-19-20-37-25-9-5-4-8-22(25)7-3-2-6-14-29(28(33)36)15-17-34(18-16-29)27(35)24-12-10-23(11-13-24)26-30-21-31-32-26/h4-5,8-13,21H,2-3,6-7,14-20H2,1H3,(H,30,31,32). The Kier molecular flexibility index (Phi) is 7.53. The van der Waals surface area contributed by atoms with E-state index in [1.165, 1.54) is 11.9 Å². The maximum Gasteiger partial charge on any atom is 0.253 e. The number of H-pyrrole nitrogens is 1. The predicted octanol–water partition coefficient (Wildman–Crippen LogP) is 4.35. The largest absolute Gasteiger partial charge is 0.491 e. The fourth-order valence-electron chi connectivity index (χ4n) is 5.61. The van der Waals surface area contributed by atoms with E-state index in [4.69, 9.17) is 4.74 Å². The molecule has 194 valence electrons. The van der Waals surface area contributed by atoms with Crippen LogP contribution in [-0.4, -0.2) is 70.1 Å². The van der Waals surface area contributed by atoms with Gasteiger partial charge in [-0.2, -0.15) is 5.10 Å². The van der Waals surface area contributed by atoms with Crippen molar-refractivity contribution in [3.05, 3.63) is 66.0 Å². The third-order valence-electron chi connectivity index (χ3n) is 7.89. The van der Waals surface area contributed by atoms with E-state index >= 15 is 0 Å². The zero-order valence-corrected chi connectivity index (χ0v) is 21.5. The number of nitrogens with zero attached hydrogens (tertiary/aromatic N) is 4. The number of para-hydroxylation sites is 1. The number of fused-ring (bicyclic) bond motifs is 1. The van der Waals surface area contributed by atoms with Gasteiger partial charge in [-0.3, -0.25) is 14.7 Å². The lowest BCUT2D eigenvalue weighted by Gasteiger charge is -2.42. The van der Waals surface area contributed by atoms with E-state index < -0.39 is 5.41 Å². The molecule has 2 aromatic carbocycles. The van der Waals surface area contributed by atoms with E-state index in [1.54, 1.807) is 0 Å². The average molecular weight is 502 g/mol. The number of likely N-dealkylation sites (N-methyl/N-ethyl adjacent to an activating group) is 1. The van der Waals surface area contributed by atoms with E-state index in [9.17, 15) is 9.59 Å². The van der Waals surface area contributed by atoms with Gasteiger partial charge in [-0.15, -0.1) is 0 Å². The smallest absolute Gasteiger partial charge is 0.253 e. The molecule has 5 rings (SSSR count). The Morgan fingerprint density at radius 2 is 1.76 bits per heavy atom. The Labute approximate surface area is 218 Å². The van der Waals surface area contributed by atoms with Gasteiger partial charge in [0, 0.05) is 31.3 Å². The quantitative estimate of drug-likeness (QED) is 0.564. The maximum absolute atomic E-state index is 13.7. The molecule has 0 bridgehead atoms. The zero-order valence-electron chi connectivity index (χ0n) is 21.5. The molecule has 37 heavy (non-hydrogen) atoms. The maximum atomic E-state index is 13.7. The van der Waals surface area contributed by atoms with Crippen LogP contribution < -0.4 is 4.74 Å². The molecular formula is C29H35N5O3. The molecule has 0 radical (unpaired) electrons. The van der Waals surface area contributed by atoms with Crippen LogP contribution in [0.4, 0.5) is 0 Å². The number of hydrogen-bond donors (Lipinski definition) is 1. The highest BCUT2D eigenvalue weighted by molar-refractivity contribution is 5.95. The van der Waals surface area contributed by atoms with Crippen LogP contribution in [0.3, 0.4) is 0 Å². The van der Waals surface area contributed by atoms with Crippen molar-refractivity contribution >= 4 is 11.8 Å². The van der Waals surface area contributed by atoms with Gasteiger partial charge >= 0.3 is 0 Å². The van der Waals surface area contributed by atoms with Crippen molar-refractivity contribution in [2.45, 2.75) is 44.9 Å². The summed E-state index contributed by atoms with van der Waals surface area (Å²) in [6, 6.07) is 15.7. The second-order valence-corrected chi connectivity index (χ2v) is 10.2. The second-order valence-electron chi connectivity index (χ2n) is 10.2. The first-order valence-electron chi connectivity index (χ1n) is 13.3. The minimum atomic E-state index is -0.414. The Morgan fingerprint density at radius 1 is 0.973 bits per heavy atom. The van der Waals surface area contributed by atoms with Gasteiger partial charge in [0.1, 0.15) is 18.7 Å². The molecule has 2 amide bonds. The van der Waals surface area contributed by atoms with Gasteiger partial charge < -0.3 is 14.5 Å². The first-order valence-corrected chi connectivity index (χ1v) is 13.3. The number of ether oxygens (including phenoxy) is 1. The topological polar surface area (TPSA) is 91.4 Å².